The molecule has 0 aromatic heterocycles. The standard InChI is InChI=1S/C28H30N4O4/c1-19-3-7-21(8-4-19)27(34)30-24-17-22(28(35)36)9-12-25(24)32-15-13-31(14-16-32)18-26(33)29-23-10-5-20(2)6-11-23/h3-12,17H,13-16,18H2,1-2H3,(H,29,33)(H,30,34)(H,35,36). The van der Waals surface area contributed by atoms with Gasteiger partial charge in [-0.15, -0.1) is 0 Å². The number of carbonyl (C=O) groups is 3. The zero-order chi connectivity index (χ0) is 25.7. The Morgan fingerprint density at radius 1 is 0.778 bits per heavy atom. The van der Waals surface area contributed by atoms with Gasteiger partial charge in [0, 0.05) is 37.4 Å². The number of aromatic carboxylic acids is 1. The van der Waals surface area contributed by atoms with Crippen molar-refractivity contribution in [1.82, 2.24) is 4.90 Å². The van der Waals surface area contributed by atoms with E-state index in [-0.39, 0.29) is 23.9 Å². The molecule has 0 atom stereocenters. The zero-order valence-corrected chi connectivity index (χ0v) is 20.5. The van der Waals surface area contributed by atoms with Crippen LogP contribution in [-0.2, 0) is 4.79 Å². The third-order valence-corrected chi connectivity index (χ3v) is 6.22. The molecule has 8 nitrogen and oxygen atoms in total. The van der Waals surface area contributed by atoms with Crippen molar-refractivity contribution in [2.45, 2.75) is 13.8 Å². The van der Waals surface area contributed by atoms with E-state index < -0.39 is 5.97 Å². The molecule has 0 aliphatic carbocycles. The van der Waals surface area contributed by atoms with E-state index >= 15 is 0 Å². The van der Waals surface area contributed by atoms with Gasteiger partial charge in [0.15, 0.2) is 0 Å². The molecule has 0 bridgehead atoms. The van der Waals surface area contributed by atoms with Crippen LogP contribution in [0.4, 0.5) is 17.1 Å². The van der Waals surface area contributed by atoms with Gasteiger partial charge in [-0.2, -0.15) is 0 Å². The fourth-order valence-corrected chi connectivity index (χ4v) is 4.13. The summed E-state index contributed by atoms with van der Waals surface area (Å²) in [5.41, 5.74) is 4.76. The lowest BCUT2D eigenvalue weighted by molar-refractivity contribution is -0.117. The van der Waals surface area contributed by atoms with Crippen LogP contribution >= 0.6 is 0 Å². The highest BCUT2D eigenvalue weighted by molar-refractivity contribution is 6.06. The van der Waals surface area contributed by atoms with E-state index in [4.69, 9.17) is 0 Å². The van der Waals surface area contributed by atoms with Gasteiger partial charge in [0.05, 0.1) is 23.5 Å². The van der Waals surface area contributed by atoms with E-state index in [1.165, 1.54) is 6.07 Å². The Bertz CT molecular complexity index is 1250. The van der Waals surface area contributed by atoms with Crippen LogP contribution in [-0.4, -0.2) is 60.5 Å². The fraction of sp³-hybridized carbons (Fsp3) is 0.250. The smallest absolute Gasteiger partial charge is 0.335 e. The summed E-state index contributed by atoms with van der Waals surface area (Å²) >= 11 is 0. The molecule has 8 heteroatoms. The minimum Gasteiger partial charge on any atom is -0.478 e. The summed E-state index contributed by atoms with van der Waals surface area (Å²) in [5, 5.41) is 15.3. The minimum atomic E-state index is -1.06. The van der Waals surface area contributed by atoms with Gasteiger partial charge in [-0.3, -0.25) is 14.5 Å². The van der Waals surface area contributed by atoms with Gasteiger partial charge in [-0.25, -0.2) is 4.79 Å². The molecule has 0 saturated carbocycles. The maximum Gasteiger partial charge on any atom is 0.335 e. The van der Waals surface area contributed by atoms with Crippen molar-refractivity contribution in [3.63, 3.8) is 0 Å². The number of hydrogen-bond acceptors (Lipinski definition) is 5. The van der Waals surface area contributed by atoms with Crippen LogP contribution in [0, 0.1) is 13.8 Å². The normalized spacial score (nSPS) is 13.8. The Hall–Kier alpha value is -4.17. The summed E-state index contributed by atoms with van der Waals surface area (Å²) in [5.74, 6) is -1.42. The van der Waals surface area contributed by atoms with Gasteiger partial charge < -0.3 is 20.6 Å². The molecule has 2 amide bonds. The van der Waals surface area contributed by atoms with Gasteiger partial charge in [0.25, 0.3) is 5.91 Å². The van der Waals surface area contributed by atoms with Gasteiger partial charge in [-0.1, -0.05) is 35.4 Å². The molecule has 1 heterocycles. The van der Waals surface area contributed by atoms with Crippen LogP contribution < -0.4 is 15.5 Å². The van der Waals surface area contributed by atoms with E-state index in [0.29, 0.717) is 37.4 Å². The topological polar surface area (TPSA) is 102 Å². The Balaban J connectivity index is 1.41. The number of hydrogen-bond donors (Lipinski definition) is 3. The van der Waals surface area contributed by atoms with E-state index in [0.717, 1.165) is 22.5 Å². The molecule has 0 spiro atoms. The zero-order valence-electron chi connectivity index (χ0n) is 20.5. The summed E-state index contributed by atoms with van der Waals surface area (Å²) in [4.78, 5) is 41.1. The summed E-state index contributed by atoms with van der Waals surface area (Å²) in [6, 6.07) is 19.7. The van der Waals surface area contributed by atoms with Gasteiger partial charge in [-0.05, 0) is 56.3 Å². The lowest BCUT2D eigenvalue weighted by Crippen LogP contribution is -2.48. The molecular formula is C28H30N4O4. The second-order valence-corrected chi connectivity index (χ2v) is 9.03. The van der Waals surface area contributed by atoms with Crippen molar-refractivity contribution in [3.05, 3.63) is 89.0 Å². The number of carboxylic acids is 1. The van der Waals surface area contributed by atoms with Gasteiger partial charge in [0.2, 0.25) is 5.91 Å². The van der Waals surface area contributed by atoms with Crippen molar-refractivity contribution in [2.75, 3.05) is 48.3 Å². The number of aryl methyl sites for hydroxylation is 2. The number of nitrogens with zero attached hydrogens (tertiary/aromatic N) is 2. The van der Waals surface area contributed by atoms with Crippen LogP contribution in [0.15, 0.2) is 66.7 Å². The Morgan fingerprint density at radius 2 is 1.36 bits per heavy atom. The van der Waals surface area contributed by atoms with E-state index in [9.17, 15) is 19.5 Å². The van der Waals surface area contributed by atoms with Crippen molar-refractivity contribution in [2.24, 2.45) is 0 Å². The summed E-state index contributed by atoms with van der Waals surface area (Å²) in [7, 11) is 0. The third kappa shape index (κ3) is 6.28. The molecule has 186 valence electrons. The summed E-state index contributed by atoms with van der Waals surface area (Å²) in [6.45, 7) is 6.83. The summed E-state index contributed by atoms with van der Waals surface area (Å²) in [6.07, 6.45) is 0. The van der Waals surface area contributed by atoms with Crippen molar-refractivity contribution >= 4 is 34.8 Å². The number of piperazine rings is 1. The van der Waals surface area contributed by atoms with E-state index in [2.05, 4.69) is 20.4 Å². The van der Waals surface area contributed by atoms with Crippen LogP contribution in [0.5, 0.6) is 0 Å². The predicted octanol–water partition coefficient (Wildman–Crippen LogP) is 4.01. The van der Waals surface area contributed by atoms with Crippen molar-refractivity contribution in [1.29, 1.82) is 0 Å². The molecule has 1 aliphatic heterocycles. The molecule has 36 heavy (non-hydrogen) atoms. The number of carboxylic acid groups (broad SMARTS) is 1. The van der Waals surface area contributed by atoms with Gasteiger partial charge >= 0.3 is 5.97 Å². The number of amides is 2. The van der Waals surface area contributed by atoms with E-state index in [1.807, 2.05) is 50.2 Å². The molecule has 1 aliphatic rings. The first-order valence-corrected chi connectivity index (χ1v) is 11.9. The van der Waals surface area contributed by atoms with Crippen LogP contribution in [0.25, 0.3) is 0 Å². The highest BCUT2D eigenvalue weighted by Crippen LogP contribution is 2.29. The fourth-order valence-electron chi connectivity index (χ4n) is 4.13. The molecule has 0 radical (unpaired) electrons. The van der Waals surface area contributed by atoms with Crippen molar-refractivity contribution in [3.8, 4) is 0 Å². The minimum absolute atomic E-state index is 0.0656. The van der Waals surface area contributed by atoms with Crippen LogP contribution in [0.2, 0.25) is 0 Å². The molecule has 1 saturated heterocycles. The first kappa shape index (κ1) is 24.9. The second-order valence-electron chi connectivity index (χ2n) is 9.03. The third-order valence-electron chi connectivity index (χ3n) is 6.22. The average Bonchev–Trinajstić information content (AvgIpc) is 2.86. The monoisotopic (exact) mass is 486 g/mol. The number of carbonyl (C=O) groups excluding carboxylic acids is 2. The molecule has 1 fully saturated rings. The Morgan fingerprint density at radius 3 is 1.97 bits per heavy atom. The molecule has 0 unspecified atom stereocenters. The highest BCUT2D eigenvalue weighted by atomic mass is 16.4. The SMILES string of the molecule is Cc1ccc(NC(=O)CN2CCN(c3ccc(C(=O)O)cc3NC(=O)c3ccc(C)cc3)CC2)cc1. The molecule has 3 N–H and O–H groups in total. The number of anilines is 3. The number of rotatable bonds is 7. The quantitative estimate of drug-likeness (QED) is 0.466. The Kier molecular flexibility index (Phi) is 7.65. The lowest BCUT2D eigenvalue weighted by atomic mass is 10.1. The van der Waals surface area contributed by atoms with Crippen LogP contribution in [0.3, 0.4) is 0 Å². The second kappa shape index (κ2) is 11.0. The number of benzene rings is 3. The Labute approximate surface area is 210 Å². The average molecular weight is 487 g/mol. The first-order chi connectivity index (χ1) is 17.3. The first-order valence-electron chi connectivity index (χ1n) is 11.9. The highest BCUT2D eigenvalue weighted by Gasteiger charge is 2.22. The van der Waals surface area contributed by atoms with E-state index in [1.54, 1.807) is 24.3 Å². The molecule has 3 aromatic rings. The van der Waals surface area contributed by atoms with Crippen molar-refractivity contribution < 1.29 is 19.5 Å². The predicted molar refractivity (Wildman–Crippen MR) is 141 cm³/mol. The largest absolute Gasteiger partial charge is 0.478 e. The maximum absolute atomic E-state index is 12.9. The molecule has 4 rings (SSSR count). The van der Waals surface area contributed by atoms with Crippen LogP contribution in [0.1, 0.15) is 31.8 Å². The molecule has 3 aromatic carbocycles. The maximum atomic E-state index is 12.9. The summed E-state index contributed by atoms with van der Waals surface area (Å²) < 4.78 is 0. The van der Waals surface area contributed by atoms with Gasteiger partial charge in [0.1, 0.15) is 0 Å². The molecular weight excluding hydrogens is 456 g/mol. The number of nitrogens with one attached hydrogen (secondary N) is 2. The lowest BCUT2D eigenvalue weighted by Gasteiger charge is -2.36.